The number of aryl methyl sites for hydroxylation is 4. The van der Waals surface area contributed by atoms with Gasteiger partial charge in [-0.1, -0.05) is 42.8 Å². The highest BCUT2D eigenvalue weighted by Crippen LogP contribution is 2.23. The minimum absolute atomic E-state index is 0.217. The van der Waals surface area contributed by atoms with Gasteiger partial charge in [-0.2, -0.15) is 0 Å². The molecule has 1 aromatic heterocycles. The molecule has 3 aromatic rings. The lowest BCUT2D eigenvalue weighted by atomic mass is 10.0. The van der Waals surface area contributed by atoms with Crippen LogP contribution < -0.4 is 10.6 Å². The third kappa shape index (κ3) is 4.31. The minimum atomic E-state index is -0.217. The topological polar surface area (TPSA) is 66.9 Å². The van der Waals surface area contributed by atoms with E-state index >= 15 is 0 Å². The van der Waals surface area contributed by atoms with Crippen molar-refractivity contribution < 1.29 is 4.79 Å². The fraction of sp³-hybridized carbons (Fsp3) is 0.227. The van der Waals surface area contributed by atoms with Crippen LogP contribution in [0, 0.1) is 20.8 Å². The molecule has 0 radical (unpaired) electrons. The number of nitrogens with zero attached hydrogens (tertiary/aromatic N) is 2. The van der Waals surface area contributed by atoms with Crippen molar-refractivity contribution in [2.24, 2.45) is 0 Å². The predicted octanol–water partition coefficient (Wildman–Crippen LogP) is 4.96. The van der Waals surface area contributed by atoms with Crippen LogP contribution in [-0.2, 0) is 6.42 Å². The Balaban J connectivity index is 1.74. The van der Waals surface area contributed by atoms with Crippen LogP contribution in [0.15, 0.2) is 48.8 Å². The predicted molar refractivity (Wildman–Crippen MR) is 110 cm³/mol. The third-order valence-corrected chi connectivity index (χ3v) is 4.47. The van der Waals surface area contributed by atoms with Crippen LogP contribution in [0.4, 0.5) is 17.3 Å². The van der Waals surface area contributed by atoms with Gasteiger partial charge in [0.05, 0.1) is 5.56 Å². The van der Waals surface area contributed by atoms with E-state index in [4.69, 9.17) is 0 Å². The monoisotopic (exact) mass is 360 g/mol. The second-order valence-corrected chi connectivity index (χ2v) is 6.66. The number of carbonyl (C=O) groups is 1. The van der Waals surface area contributed by atoms with Crippen molar-refractivity contribution in [2.75, 3.05) is 10.6 Å². The maximum absolute atomic E-state index is 12.6. The van der Waals surface area contributed by atoms with E-state index in [2.05, 4.69) is 45.7 Å². The zero-order chi connectivity index (χ0) is 19.4. The van der Waals surface area contributed by atoms with Crippen molar-refractivity contribution in [1.82, 2.24) is 9.97 Å². The third-order valence-electron chi connectivity index (χ3n) is 4.47. The molecule has 0 unspecified atom stereocenters. The fourth-order valence-corrected chi connectivity index (χ4v) is 3.14. The van der Waals surface area contributed by atoms with Gasteiger partial charge in [0.25, 0.3) is 5.91 Å². The maximum Gasteiger partial charge on any atom is 0.258 e. The number of amides is 1. The molecule has 0 fully saturated rings. The average Bonchev–Trinajstić information content (AvgIpc) is 2.65. The van der Waals surface area contributed by atoms with Gasteiger partial charge in [0.15, 0.2) is 0 Å². The summed E-state index contributed by atoms with van der Waals surface area (Å²) in [7, 11) is 0. The molecular formula is C22H24N4O. The van der Waals surface area contributed by atoms with E-state index in [-0.39, 0.29) is 5.91 Å². The van der Waals surface area contributed by atoms with Gasteiger partial charge < -0.3 is 10.6 Å². The van der Waals surface area contributed by atoms with E-state index in [0.717, 1.165) is 28.9 Å². The van der Waals surface area contributed by atoms with Crippen molar-refractivity contribution in [2.45, 2.75) is 34.1 Å². The lowest BCUT2D eigenvalue weighted by molar-refractivity contribution is 0.102. The van der Waals surface area contributed by atoms with Crippen molar-refractivity contribution in [3.8, 4) is 0 Å². The molecule has 5 heteroatoms. The van der Waals surface area contributed by atoms with E-state index in [9.17, 15) is 4.79 Å². The summed E-state index contributed by atoms with van der Waals surface area (Å²) >= 11 is 0. The summed E-state index contributed by atoms with van der Waals surface area (Å²) in [6.45, 7) is 8.13. The van der Waals surface area contributed by atoms with Crippen LogP contribution in [0.2, 0.25) is 0 Å². The first-order valence-electron chi connectivity index (χ1n) is 9.04. The molecule has 1 amide bonds. The zero-order valence-corrected chi connectivity index (χ0v) is 16.1. The summed E-state index contributed by atoms with van der Waals surface area (Å²) in [4.78, 5) is 21.1. The van der Waals surface area contributed by atoms with Crippen LogP contribution in [-0.4, -0.2) is 15.9 Å². The molecule has 5 nitrogen and oxygen atoms in total. The second-order valence-electron chi connectivity index (χ2n) is 6.66. The van der Waals surface area contributed by atoms with Crippen molar-refractivity contribution >= 4 is 23.2 Å². The van der Waals surface area contributed by atoms with Crippen molar-refractivity contribution in [3.05, 3.63) is 76.6 Å². The SMILES string of the molecule is CCc1ccccc1Nc1ncc(C(=O)Nc2c(C)cc(C)cc2C)cn1. The highest BCUT2D eigenvalue weighted by molar-refractivity contribution is 6.04. The first-order valence-corrected chi connectivity index (χ1v) is 9.04. The highest BCUT2D eigenvalue weighted by Gasteiger charge is 2.12. The molecular weight excluding hydrogens is 336 g/mol. The Labute approximate surface area is 159 Å². The number of rotatable bonds is 5. The van der Waals surface area contributed by atoms with Crippen LogP contribution in [0.25, 0.3) is 0 Å². The smallest absolute Gasteiger partial charge is 0.258 e. The molecule has 0 aliphatic heterocycles. The van der Waals surface area contributed by atoms with Gasteiger partial charge in [0.1, 0.15) is 0 Å². The van der Waals surface area contributed by atoms with Crippen LogP contribution >= 0.6 is 0 Å². The number of hydrogen-bond acceptors (Lipinski definition) is 4. The molecule has 3 rings (SSSR count). The zero-order valence-electron chi connectivity index (χ0n) is 16.1. The molecule has 2 N–H and O–H groups in total. The number of aromatic nitrogens is 2. The second kappa shape index (κ2) is 7.99. The minimum Gasteiger partial charge on any atom is -0.324 e. The van der Waals surface area contributed by atoms with E-state index in [1.54, 1.807) is 0 Å². The van der Waals surface area contributed by atoms with E-state index in [0.29, 0.717) is 11.5 Å². The number of hydrogen-bond donors (Lipinski definition) is 2. The molecule has 27 heavy (non-hydrogen) atoms. The van der Waals surface area contributed by atoms with Gasteiger partial charge in [-0.05, 0) is 49.9 Å². The fourth-order valence-electron chi connectivity index (χ4n) is 3.14. The van der Waals surface area contributed by atoms with Gasteiger partial charge in [-0.25, -0.2) is 9.97 Å². The molecule has 138 valence electrons. The summed E-state index contributed by atoms with van der Waals surface area (Å²) in [5.41, 5.74) is 6.67. The summed E-state index contributed by atoms with van der Waals surface area (Å²) in [6, 6.07) is 12.1. The average molecular weight is 360 g/mol. The Bertz CT molecular complexity index is 941. The number of anilines is 3. The van der Waals surface area contributed by atoms with Crippen LogP contribution in [0.1, 0.15) is 39.5 Å². The van der Waals surface area contributed by atoms with Crippen molar-refractivity contribution in [3.63, 3.8) is 0 Å². The Morgan fingerprint density at radius 2 is 1.63 bits per heavy atom. The molecule has 2 aromatic carbocycles. The standard InChI is InChI=1S/C22H24N4O/c1-5-17-8-6-7-9-19(17)25-22-23-12-18(13-24-22)21(27)26-20-15(3)10-14(2)11-16(20)4/h6-13H,5H2,1-4H3,(H,26,27)(H,23,24,25). The quantitative estimate of drug-likeness (QED) is 0.675. The Kier molecular flexibility index (Phi) is 5.50. The van der Waals surface area contributed by atoms with Gasteiger partial charge in [0, 0.05) is 23.8 Å². The first-order chi connectivity index (χ1) is 13.0. The normalized spacial score (nSPS) is 10.5. The number of carbonyl (C=O) groups excluding carboxylic acids is 1. The van der Waals surface area contributed by atoms with Crippen LogP contribution in [0.3, 0.4) is 0 Å². The molecule has 0 bridgehead atoms. The lowest BCUT2D eigenvalue weighted by Gasteiger charge is -2.13. The summed E-state index contributed by atoms with van der Waals surface area (Å²) in [6.07, 6.45) is 4.00. The lowest BCUT2D eigenvalue weighted by Crippen LogP contribution is -2.15. The number of nitrogens with one attached hydrogen (secondary N) is 2. The summed E-state index contributed by atoms with van der Waals surface area (Å²) in [5.74, 6) is 0.251. The summed E-state index contributed by atoms with van der Waals surface area (Å²) < 4.78 is 0. The van der Waals surface area contributed by atoms with Gasteiger partial charge in [0.2, 0.25) is 5.95 Å². The molecule has 0 aliphatic carbocycles. The Morgan fingerprint density at radius 3 is 2.26 bits per heavy atom. The van der Waals surface area contributed by atoms with Gasteiger partial charge in [-0.3, -0.25) is 4.79 Å². The first kappa shape index (κ1) is 18.6. The largest absolute Gasteiger partial charge is 0.324 e. The van der Waals surface area contributed by atoms with E-state index < -0.39 is 0 Å². The number of benzene rings is 2. The van der Waals surface area contributed by atoms with Crippen LogP contribution in [0.5, 0.6) is 0 Å². The van der Waals surface area contributed by atoms with Gasteiger partial charge >= 0.3 is 0 Å². The Morgan fingerprint density at radius 1 is 1.00 bits per heavy atom. The highest BCUT2D eigenvalue weighted by atomic mass is 16.1. The maximum atomic E-state index is 12.6. The summed E-state index contributed by atoms with van der Waals surface area (Å²) in [5, 5.41) is 6.18. The Hall–Kier alpha value is -3.21. The van der Waals surface area contributed by atoms with E-state index in [1.807, 2.05) is 39.0 Å². The number of para-hydroxylation sites is 1. The van der Waals surface area contributed by atoms with Gasteiger partial charge in [-0.15, -0.1) is 0 Å². The molecule has 0 saturated carbocycles. The molecule has 0 spiro atoms. The van der Waals surface area contributed by atoms with E-state index in [1.165, 1.54) is 23.5 Å². The van der Waals surface area contributed by atoms with Crippen molar-refractivity contribution in [1.29, 1.82) is 0 Å². The molecule has 0 atom stereocenters. The molecule has 1 heterocycles. The molecule has 0 aliphatic rings. The molecule has 0 saturated heterocycles.